The van der Waals surface area contributed by atoms with E-state index in [1.807, 2.05) is 13.0 Å². The van der Waals surface area contributed by atoms with Gasteiger partial charge in [-0.2, -0.15) is 23.8 Å². The van der Waals surface area contributed by atoms with E-state index in [0.717, 1.165) is 35.2 Å². The van der Waals surface area contributed by atoms with Gasteiger partial charge >= 0.3 is 31.1 Å². The summed E-state index contributed by atoms with van der Waals surface area (Å²) in [6, 6.07) is 44.4. The van der Waals surface area contributed by atoms with Crippen LogP contribution in [0.25, 0.3) is 77.0 Å². The zero-order valence-electron chi connectivity index (χ0n) is 28.7. The molecule has 4 nitrogen and oxygen atoms in total. The van der Waals surface area contributed by atoms with Crippen molar-refractivity contribution in [3.05, 3.63) is 180 Å². The fraction of sp³-hybridized carbons (Fsp3) is 0.0870. The minimum atomic E-state index is 0. The average Bonchev–Trinajstić information content (AvgIpc) is 3.67. The molecule has 2 aromatic heterocycles. The van der Waals surface area contributed by atoms with Gasteiger partial charge in [-0.3, -0.25) is 0 Å². The minimum absolute atomic E-state index is 0. The van der Waals surface area contributed by atoms with Crippen molar-refractivity contribution in [1.82, 2.24) is 9.13 Å². The maximum absolute atomic E-state index is 6.09. The zero-order chi connectivity index (χ0) is 33.8. The molecule has 9 rings (SSSR count). The molecule has 8 aromatic rings. The van der Waals surface area contributed by atoms with Crippen molar-refractivity contribution in [2.45, 2.75) is 19.8 Å². The molecule has 0 saturated heterocycles. The van der Waals surface area contributed by atoms with E-state index in [-0.39, 0.29) is 31.1 Å². The quantitative estimate of drug-likeness (QED) is 0.131. The van der Waals surface area contributed by atoms with E-state index in [1.54, 1.807) is 19.4 Å². The molecule has 5 heteroatoms. The van der Waals surface area contributed by atoms with Gasteiger partial charge in [0.15, 0.2) is 0 Å². The van der Waals surface area contributed by atoms with Crippen molar-refractivity contribution >= 4 is 49.2 Å². The molecule has 0 radical (unpaired) electrons. The molecule has 2 heterocycles. The van der Waals surface area contributed by atoms with Crippen LogP contribution in [0, 0.1) is 37.2 Å². The van der Waals surface area contributed by atoms with Crippen LogP contribution in [0.3, 0.4) is 0 Å². The molecule has 1 aliphatic carbocycles. The Bertz CT molecular complexity index is 2690. The average molecular weight is 883 g/mol. The number of hydrogen-bond donors (Lipinski definition) is 1. The van der Waals surface area contributed by atoms with E-state index < -0.39 is 0 Å². The molecule has 0 amide bonds. The smallest absolute Gasteiger partial charge is 0.704 e. The first-order valence-corrected chi connectivity index (χ1v) is 17.2. The van der Waals surface area contributed by atoms with E-state index in [4.69, 9.17) is 5.73 Å². The van der Waals surface area contributed by atoms with Gasteiger partial charge in [0.2, 0.25) is 0 Å². The van der Waals surface area contributed by atoms with Crippen molar-refractivity contribution in [2.75, 3.05) is 7.05 Å². The van der Waals surface area contributed by atoms with Crippen LogP contribution >= 0.6 is 0 Å². The molecule has 0 spiro atoms. The van der Waals surface area contributed by atoms with Crippen molar-refractivity contribution in [3.8, 4) is 22.5 Å². The van der Waals surface area contributed by atoms with E-state index in [9.17, 15) is 0 Å². The number of rotatable bonds is 6. The predicted octanol–water partition coefficient (Wildman–Crippen LogP) is 11.2. The zero-order valence-corrected chi connectivity index (χ0v) is 32.9. The van der Waals surface area contributed by atoms with Gasteiger partial charge in [-0.25, -0.2) is 6.20 Å². The van der Waals surface area contributed by atoms with Crippen molar-refractivity contribution in [1.29, 1.82) is 0 Å². The Morgan fingerprint density at radius 1 is 0.686 bits per heavy atom. The van der Waals surface area contributed by atoms with Gasteiger partial charge in [0.05, 0.1) is 16.6 Å². The maximum Gasteiger partial charge on any atom is 2.00 e. The third-order valence-corrected chi connectivity index (χ3v) is 10.2. The molecule has 51 heavy (non-hydrogen) atoms. The summed E-state index contributed by atoms with van der Waals surface area (Å²) in [5.74, 6) is 0. The summed E-state index contributed by atoms with van der Waals surface area (Å²) >= 11 is 0. The second-order valence-electron chi connectivity index (χ2n) is 13.0. The first kappa shape index (κ1) is 33.0. The van der Waals surface area contributed by atoms with E-state index in [0.29, 0.717) is 0 Å². The Morgan fingerprint density at radius 3 is 2.10 bits per heavy atom. The predicted molar refractivity (Wildman–Crippen MR) is 211 cm³/mol. The number of para-hydroxylation sites is 2. The van der Waals surface area contributed by atoms with Gasteiger partial charge in [-0.05, 0) is 112 Å². The topological polar surface area (TPSA) is 50.0 Å². The monoisotopic (exact) mass is 882 g/mol. The van der Waals surface area contributed by atoms with Crippen LogP contribution in [-0.2, 0) is 12.8 Å². The van der Waals surface area contributed by atoms with Gasteiger partial charge in [-0.1, -0.05) is 72.8 Å². The molecule has 0 saturated carbocycles. The van der Waals surface area contributed by atoms with Crippen LogP contribution in [0.15, 0.2) is 146 Å². The number of fused-ring (bicyclic) bond motifs is 10. The van der Waals surface area contributed by atoms with Crippen LogP contribution in [0.5, 0.6) is 0 Å². The molecular formula is C46H36N4U. The molecule has 1 aliphatic rings. The van der Waals surface area contributed by atoms with E-state index >= 15 is 0 Å². The molecule has 6 aromatic carbocycles. The minimum Gasteiger partial charge on any atom is -0.704 e. The Hall–Kier alpha value is -5.21. The van der Waals surface area contributed by atoms with Gasteiger partial charge < -0.3 is 20.2 Å². The molecule has 0 atom stereocenters. The van der Waals surface area contributed by atoms with Crippen LogP contribution in [0.2, 0.25) is 0 Å². The summed E-state index contributed by atoms with van der Waals surface area (Å²) in [5, 5.41) is 9.12. The number of aromatic nitrogens is 2. The molecule has 2 N–H and O–H groups in total. The molecule has 0 fully saturated rings. The number of nitrogens with two attached hydrogens (primary N) is 1. The summed E-state index contributed by atoms with van der Waals surface area (Å²) in [4.78, 5) is 0. The van der Waals surface area contributed by atoms with Crippen LogP contribution in [0.4, 0.5) is 0 Å². The molecular weight excluding hydrogens is 847 g/mol. The summed E-state index contributed by atoms with van der Waals surface area (Å²) in [7, 11) is 1.78. The number of allylic oxidation sites excluding steroid dienone is 3. The Kier molecular flexibility index (Phi) is 8.72. The Labute approximate surface area is 322 Å². The van der Waals surface area contributed by atoms with Gasteiger partial charge in [0.1, 0.15) is 0 Å². The van der Waals surface area contributed by atoms with Crippen molar-refractivity contribution < 1.29 is 31.1 Å². The Morgan fingerprint density at radius 2 is 1.37 bits per heavy atom. The van der Waals surface area contributed by atoms with E-state index in [2.05, 4.69) is 148 Å². The Balaban J connectivity index is 0.00000374. The van der Waals surface area contributed by atoms with Crippen LogP contribution in [-0.4, -0.2) is 16.2 Å². The van der Waals surface area contributed by atoms with Crippen LogP contribution < -0.4 is 5.73 Å². The van der Waals surface area contributed by atoms with E-state index in [1.165, 1.54) is 71.6 Å². The van der Waals surface area contributed by atoms with Gasteiger partial charge in [-0.15, -0.1) is 7.05 Å². The third-order valence-electron chi connectivity index (χ3n) is 10.2. The fourth-order valence-corrected chi connectivity index (χ4v) is 8.05. The number of aryl methyl sites for hydroxylation is 2. The van der Waals surface area contributed by atoms with Gasteiger partial charge in [0.25, 0.3) is 0 Å². The molecule has 0 aliphatic heterocycles. The normalized spacial score (nSPS) is 13.0. The maximum atomic E-state index is 6.09. The first-order valence-electron chi connectivity index (χ1n) is 17.2. The standard InChI is InChI=1S/C46H36N4.U/c1-3-10-33(29-47)31-17-22-44-41(26-31)38-20-19-36-37(46(38)50(44)35-13-8-5-9-14-35)18-16-32-27-42-40-25-30(23-24-48-2)15-21-43(40)49(45(42)28-39(32)36)34-11-6-4-7-12-34;/h3-15,17,19-22,24-29H,16,18,47H2,1-2H3;/q-2;+2/b10-3-,33-29+;. The number of nitrogens with zero attached hydrogens (tertiary/aromatic N) is 3. The molecule has 0 bridgehead atoms. The van der Waals surface area contributed by atoms with Gasteiger partial charge in [0, 0.05) is 33.9 Å². The summed E-state index contributed by atoms with van der Waals surface area (Å²) in [5.41, 5.74) is 21.8. The fourth-order valence-electron chi connectivity index (χ4n) is 8.05. The first-order chi connectivity index (χ1) is 24.7. The van der Waals surface area contributed by atoms with Crippen molar-refractivity contribution in [3.63, 3.8) is 0 Å². The second kappa shape index (κ2) is 13.5. The molecule has 244 valence electrons. The summed E-state index contributed by atoms with van der Waals surface area (Å²) < 4.78 is 4.87. The summed E-state index contributed by atoms with van der Waals surface area (Å²) in [6.45, 7) is 2.03. The largest absolute Gasteiger partial charge is 2.00 e. The summed E-state index contributed by atoms with van der Waals surface area (Å²) in [6.07, 6.45) is 12.8. The molecule has 0 unspecified atom stereocenters. The second-order valence-corrected chi connectivity index (χ2v) is 13.0. The third kappa shape index (κ3) is 5.35. The number of hydrogen-bond acceptors (Lipinski definition) is 1. The van der Waals surface area contributed by atoms with Crippen molar-refractivity contribution in [2.24, 2.45) is 5.73 Å². The number of benzene rings is 6. The SMILES string of the molecule is C/C=C\C(=C/N)c1ccc2c(c1)c1ccc3c(c1n2-c1ccccc1)CCc1cc2c4cc([C-]=C[N-]C)ccc4n(-c4ccccc4)c2cc1-3.[U+2]. The van der Waals surface area contributed by atoms with Crippen LogP contribution in [0.1, 0.15) is 29.2 Å².